The summed E-state index contributed by atoms with van der Waals surface area (Å²) >= 11 is 0. The van der Waals surface area contributed by atoms with E-state index in [-0.39, 0.29) is 29.6 Å². The van der Waals surface area contributed by atoms with Crippen LogP contribution in [0.25, 0.3) is 11.4 Å². The molecule has 8 heteroatoms. The van der Waals surface area contributed by atoms with E-state index in [4.69, 9.17) is 0 Å². The van der Waals surface area contributed by atoms with Crippen LogP contribution < -0.4 is 10.6 Å². The fourth-order valence-corrected chi connectivity index (χ4v) is 4.23. The van der Waals surface area contributed by atoms with Crippen molar-refractivity contribution in [2.24, 2.45) is 5.92 Å². The van der Waals surface area contributed by atoms with E-state index in [1.807, 2.05) is 12.1 Å². The molecule has 1 fully saturated rings. The number of benzene rings is 1. The number of Topliss-reactive ketones (excluding diaryl/α,β-unsaturated/α-hetero) is 1. The number of hydrogen-bond donors (Lipinski definition) is 3. The van der Waals surface area contributed by atoms with E-state index in [9.17, 15) is 14.4 Å². The summed E-state index contributed by atoms with van der Waals surface area (Å²) < 4.78 is 0. The van der Waals surface area contributed by atoms with E-state index < -0.39 is 0 Å². The Bertz CT molecular complexity index is 1170. The maximum Gasteiger partial charge on any atom is 0.274 e. The molecule has 1 aliphatic rings. The fraction of sp³-hybridized carbons (Fsp3) is 0.269. The normalized spacial score (nSPS) is 17.5. The zero-order valence-electron chi connectivity index (χ0n) is 18.8. The first-order valence-electron chi connectivity index (χ1n) is 11.3. The van der Waals surface area contributed by atoms with Gasteiger partial charge < -0.3 is 10.6 Å². The lowest BCUT2D eigenvalue weighted by Gasteiger charge is -2.28. The van der Waals surface area contributed by atoms with E-state index in [0.717, 1.165) is 30.5 Å². The van der Waals surface area contributed by atoms with Gasteiger partial charge in [0.15, 0.2) is 0 Å². The Kier molecular flexibility index (Phi) is 7.27. The number of carbonyl (C=O) groups is 3. The Morgan fingerprint density at radius 3 is 2.65 bits per heavy atom. The van der Waals surface area contributed by atoms with Crippen molar-refractivity contribution in [2.75, 3.05) is 5.32 Å². The number of aromatic nitrogens is 3. The zero-order chi connectivity index (χ0) is 23.9. The molecule has 1 aliphatic carbocycles. The summed E-state index contributed by atoms with van der Waals surface area (Å²) in [6.45, 7) is 3.48. The lowest BCUT2D eigenvalue weighted by Crippen LogP contribution is -2.39. The maximum absolute atomic E-state index is 12.8. The van der Waals surface area contributed by atoms with Crippen molar-refractivity contribution in [1.82, 2.24) is 20.5 Å². The lowest BCUT2D eigenvalue weighted by atomic mass is 9.81. The first-order valence-corrected chi connectivity index (χ1v) is 11.3. The highest BCUT2D eigenvalue weighted by Gasteiger charge is 2.27. The van der Waals surface area contributed by atoms with Crippen LogP contribution >= 0.6 is 0 Å². The average molecular weight is 458 g/mol. The standard InChI is InChI=1S/C26H27N5O3/c1-2-25(33)28-20-6-3-5-18(16-20)24(32)15-17-9-11-19(12-10-17)29-26(34)23-8-4-7-21(30-23)22-13-14-27-31-22/h2,4,7-14,18,20H,1,3,5-6,15-16H2,(H,27,31)(H,28,33)(H,29,34)/t18-,20+/m1/s1. The van der Waals surface area contributed by atoms with E-state index in [1.165, 1.54) is 6.08 Å². The van der Waals surface area contributed by atoms with Crippen molar-refractivity contribution >= 4 is 23.3 Å². The van der Waals surface area contributed by atoms with Gasteiger partial charge in [0, 0.05) is 30.3 Å². The SMILES string of the molecule is C=CC(=O)N[C@H]1CCC[C@@H](C(=O)Cc2ccc(NC(=O)c3cccc(-c4ccn[nH]4)n3)cc2)C1. The second-order valence-corrected chi connectivity index (χ2v) is 8.45. The Balaban J connectivity index is 1.33. The van der Waals surface area contributed by atoms with Gasteiger partial charge in [0.2, 0.25) is 5.91 Å². The fourth-order valence-electron chi connectivity index (χ4n) is 4.23. The summed E-state index contributed by atoms with van der Waals surface area (Å²) in [6, 6.07) is 14.3. The van der Waals surface area contributed by atoms with E-state index >= 15 is 0 Å². The highest BCUT2D eigenvalue weighted by molar-refractivity contribution is 6.03. The molecular formula is C26H27N5O3. The van der Waals surface area contributed by atoms with Gasteiger partial charge in [0.25, 0.3) is 5.91 Å². The summed E-state index contributed by atoms with van der Waals surface area (Å²) in [5, 5.41) is 12.5. The highest BCUT2D eigenvalue weighted by atomic mass is 16.2. The maximum atomic E-state index is 12.8. The van der Waals surface area contributed by atoms with Crippen molar-refractivity contribution in [3.8, 4) is 11.4 Å². The molecule has 3 N–H and O–H groups in total. The largest absolute Gasteiger partial charge is 0.350 e. The predicted molar refractivity (Wildman–Crippen MR) is 129 cm³/mol. The van der Waals surface area contributed by atoms with Crippen LogP contribution in [0.2, 0.25) is 0 Å². The topological polar surface area (TPSA) is 117 Å². The number of anilines is 1. The predicted octanol–water partition coefficient (Wildman–Crippen LogP) is 3.70. The number of pyridine rings is 1. The first kappa shape index (κ1) is 23.1. The van der Waals surface area contributed by atoms with Crippen LogP contribution in [0.15, 0.2) is 67.4 Å². The Morgan fingerprint density at radius 1 is 1.09 bits per heavy atom. The second-order valence-electron chi connectivity index (χ2n) is 8.45. The van der Waals surface area contributed by atoms with E-state index in [2.05, 4.69) is 32.4 Å². The number of H-pyrrole nitrogens is 1. The second kappa shape index (κ2) is 10.7. The van der Waals surface area contributed by atoms with Crippen molar-refractivity contribution in [3.63, 3.8) is 0 Å². The summed E-state index contributed by atoms with van der Waals surface area (Å²) in [6.07, 6.45) is 6.53. The van der Waals surface area contributed by atoms with Gasteiger partial charge in [0.05, 0.1) is 11.4 Å². The molecule has 1 saturated carbocycles. The Morgan fingerprint density at radius 2 is 1.91 bits per heavy atom. The van der Waals surface area contributed by atoms with Gasteiger partial charge in [-0.1, -0.05) is 31.2 Å². The first-order chi connectivity index (χ1) is 16.5. The van der Waals surface area contributed by atoms with Crippen molar-refractivity contribution in [3.05, 3.63) is 78.6 Å². The minimum absolute atomic E-state index is 0.0196. The Hall–Kier alpha value is -4.07. The molecule has 8 nitrogen and oxygen atoms in total. The molecular weight excluding hydrogens is 430 g/mol. The number of nitrogens with one attached hydrogen (secondary N) is 3. The molecule has 0 radical (unpaired) electrons. The minimum Gasteiger partial charge on any atom is -0.350 e. The number of aromatic amines is 1. The van der Waals surface area contributed by atoms with Gasteiger partial charge in [-0.05, 0) is 61.2 Å². The number of ketones is 1. The van der Waals surface area contributed by atoms with Gasteiger partial charge in [-0.15, -0.1) is 0 Å². The van der Waals surface area contributed by atoms with Crippen LogP contribution in [0.5, 0.6) is 0 Å². The zero-order valence-corrected chi connectivity index (χ0v) is 18.8. The Labute approximate surface area is 197 Å². The van der Waals surface area contributed by atoms with Crippen molar-refractivity contribution in [2.45, 2.75) is 38.1 Å². The molecule has 1 aromatic carbocycles. The van der Waals surface area contributed by atoms with Crippen LogP contribution in [0, 0.1) is 5.92 Å². The molecule has 174 valence electrons. The molecule has 0 spiro atoms. The minimum atomic E-state index is -0.319. The van der Waals surface area contributed by atoms with Crippen LogP contribution in [0.1, 0.15) is 41.7 Å². The van der Waals surface area contributed by atoms with Crippen molar-refractivity contribution < 1.29 is 14.4 Å². The third-order valence-corrected chi connectivity index (χ3v) is 6.01. The quantitative estimate of drug-likeness (QED) is 0.446. The number of amides is 2. The molecule has 2 amide bonds. The summed E-state index contributed by atoms with van der Waals surface area (Å²) in [4.78, 5) is 41.4. The summed E-state index contributed by atoms with van der Waals surface area (Å²) in [5.74, 6) is -0.399. The van der Waals surface area contributed by atoms with E-state index in [0.29, 0.717) is 29.9 Å². The molecule has 0 bridgehead atoms. The molecule has 2 atom stereocenters. The van der Waals surface area contributed by atoms with Gasteiger partial charge in [-0.3, -0.25) is 19.5 Å². The summed E-state index contributed by atoms with van der Waals surface area (Å²) in [5.41, 5.74) is 3.17. The molecule has 2 aromatic heterocycles. The molecule has 4 rings (SSSR count). The molecule has 0 unspecified atom stereocenters. The molecule has 3 aromatic rings. The monoisotopic (exact) mass is 457 g/mol. The van der Waals surface area contributed by atoms with Gasteiger partial charge >= 0.3 is 0 Å². The third-order valence-electron chi connectivity index (χ3n) is 6.01. The summed E-state index contributed by atoms with van der Waals surface area (Å²) in [7, 11) is 0. The van der Waals surface area contributed by atoms with Crippen LogP contribution in [0.4, 0.5) is 5.69 Å². The van der Waals surface area contributed by atoms with Gasteiger partial charge in [-0.2, -0.15) is 5.10 Å². The van der Waals surface area contributed by atoms with Crippen molar-refractivity contribution in [1.29, 1.82) is 0 Å². The smallest absolute Gasteiger partial charge is 0.274 e. The molecule has 0 aliphatic heterocycles. The highest BCUT2D eigenvalue weighted by Crippen LogP contribution is 2.26. The van der Waals surface area contributed by atoms with Crippen LogP contribution in [-0.4, -0.2) is 38.8 Å². The van der Waals surface area contributed by atoms with Gasteiger partial charge in [0.1, 0.15) is 11.5 Å². The molecule has 0 saturated heterocycles. The number of carbonyl (C=O) groups excluding carboxylic acids is 3. The number of nitrogens with zero attached hydrogens (tertiary/aromatic N) is 2. The molecule has 2 heterocycles. The van der Waals surface area contributed by atoms with E-state index in [1.54, 1.807) is 42.6 Å². The number of hydrogen-bond acceptors (Lipinski definition) is 5. The lowest BCUT2D eigenvalue weighted by molar-refractivity contribution is -0.124. The van der Waals surface area contributed by atoms with Crippen LogP contribution in [-0.2, 0) is 16.0 Å². The number of rotatable bonds is 8. The average Bonchev–Trinajstić information content (AvgIpc) is 3.40. The molecule has 34 heavy (non-hydrogen) atoms. The third kappa shape index (κ3) is 5.83. The van der Waals surface area contributed by atoms with Gasteiger partial charge in [-0.25, -0.2) is 4.98 Å². The van der Waals surface area contributed by atoms with Crippen LogP contribution in [0.3, 0.4) is 0 Å².